The van der Waals surface area contributed by atoms with Gasteiger partial charge in [-0.1, -0.05) is 20.8 Å². The molecule has 2 N–H and O–H groups in total. The van der Waals surface area contributed by atoms with Gasteiger partial charge in [0.1, 0.15) is 0 Å². The molecule has 0 heterocycles. The minimum atomic E-state index is -0.479. The number of hydrogen-bond donors (Lipinski definition) is 2. The molecule has 0 fully saturated rings. The second-order valence-corrected chi connectivity index (χ2v) is 7.35. The summed E-state index contributed by atoms with van der Waals surface area (Å²) in [5.74, 6) is 0. The molecule has 0 spiro atoms. The van der Waals surface area contributed by atoms with Crippen LogP contribution < -0.4 is 0 Å². The molecule has 29 heavy (non-hydrogen) atoms. The van der Waals surface area contributed by atoms with Crippen LogP contribution in [0, 0.1) is 5.41 Å². The molecule has 0 aromatic rings. The number of hydrogen-bond acceptors (Lipinski definition) is 9. The Bertz CT molecular complexity index is 324. The number of aliphatic hydroxyl groups excluding tert-OH is 2. The topological polar surface area (TPSA) is 105 Å². The van der Waals surface area contributed by atoms with Crippen molar-refractivity contribution in [1.82, 2.24) is 0 Å². The van der Waals surface area contributed by atoms with E-state index in [0.29, 0.717) is 92.5 Å². The Morgan fingerprint density at radius 3 is 1.07 bits per heavy atom. The molecule has 9 nitrogen and oxygen atoms in total. The molecular formula is C20H42O9. The SMILES string of the molecule is CC(C)(C)C(O)COCCOCCOCCOCCOCCOCCOCCO. The molecule has 0 amide bonds. The van der Waals surface area contributed by atoms with E-state index in [0.717, 1.165) is 0 Å². The zero-order chi connectivity index (χ0) is 21.6. The van der Waals surface area contributed by atoms with Gasteiger partial charge in [-0.3, -0.25) is 0 Å². The highest BCUT2D eigenvalue weighted by Gasteiger charge is 2.21. The maximum atomic E-state index is 9.82. The van der Waals surface area contributed by atoms with Crippen LogP contribution in [0.4, 0.5) is 0 Å². The lowest BCUT2D eigenvalue weighted by Crippen LogP contribution is -2.31. The van der Waals surface area contributed by atoms with E-state index in [2.05, 4.69) is 0 Å². The first-order valence-corrected chi connectivity index (χ1v) is 10.3. The first-order valence-electron chi connectivity index (χ1n) is 10.3. The Morgan fingerprint density at radius 2 is 0.793 bits per heavy atom. The Morgan fingerprint density at radius 1 is 0.517 bits per heavy atom. The standard InChI is InChI=1S/C20H42O9/c1-20(2,3)19(22)18-29-17-16-28-15-14-27-13-12-26-11-10-25-9-8-24-7-6-23-5-4-21/h19,21-22H,4-18H2,1-3H3. The van der Waals surface area contributed by atoms with Gasteiger partial charge in [-0.15, -0.1) is 0 Å². The van der Waals surface area contributed by atoms with Gasteiger partial charge >= 0.3 is 0 Å². The largest absolute Gasteiger partial charge is 0.394 e. The molecule has 0 aliphatic heterocycles. The number of aliphatic hydroxyl groups is 2. The quantitative estimate of drug-likeness (QED) is 0.239. The summed E-state index contributed by atoms with van der Waals surface area (Å²) in [4.78, 5) is 0. The number of rotatable bonds is 22. The predicted molar refractivity (Wildman–Crippen MR) is 108 cm³/mol. The first-order chi connectivity index (χ1) is 14.0. The van der Waals surface area contributed by atoms with Gasteiger partial charge in [0.15, 0.2) is 0 Å². The highest BCUT2D eigenvalue weighted by atomic mass is 16.6. The molecule has 0 saturated heterocycles. The van der Waals surface area contributed by atoms with Gasteiger partial charge in [-0.25, -0.2) is 0 Å². The molecular weight excluding hydrogens is 384 g/mol. The van der Waals surface area contributed by atoms with Gasteiger partial charge in [-0.2, -0.15) is 0 Å². The maximum absolute atomic E-state index is 9.82. The summed E-state index contributed by atoms with van der Waals surface area (Å²) in [6.07, 6.45) is -0.479. The molecule has 0 bridgehead atoms. The van der Waals surface area contributed by atoms with Crippen molar-refractivity contribution in [3.63, 3.8) is 0 Å². The summed E-state index contributed by atoms with van der Waals surface area (Å²) < 4.78 is 37.3. The van der Waals surface area contributed by atoms with Crippen molar-refractivity contribution in [2.75, 3.05) is 99.1 Å². The van der Waals surface area contributed by atoms with Gasteiger partial charge in [0.2, 0.25) is 0 Å². The molecule has 9 heteroatoms. The van der Waals surface area contributed by atoms with Crippen molar-refractivity contribution < 1.29 is 43.4 Å². The molecule has 0 aliphatic rings. The van der Waals surface area contributed by atoms with Crippen LogP contribution >= 0.6 is 0 Å². The molecule has 0 aromatic heterocycles. The van der Waals surface area contributed by atoms with Crippen LogP contribution in [0.3, 0.4) is 0 Å². The summed E-state index contributed by atoms with van der Waals surface area (Å²) in [5.41, 5.74) is -0.172. The maximum Gasteiger partial charge on any atom is 0.0821 e. The molecule has 0 aliphatic carbocycles. The average Bonchev–Trinajstić information content (AvgIpc) is 2.68. The van der Waals surface area contributed by atoms with E-state index in [1.165, 1.54) is 0 Å². The Kier molecular flexibility index (Phi) is 20.6. The molecule has 0 radical (unpaired) electrons. The van der Waals surface area contributed by atoms with Gasteiger partial charge in [0, 0.05) is 0 Å². The second kappa shape index (κ2) is 20.9. The molecule has 0 rings (SSSR count). The van der Waals surface area contributed by atoms with E-state index in [9.17, 15) is 5.11 Å². The number of ether oxygens (including phenoxy) is 7. The molecule has 0 aromatic carbocycles. The van der Waals surface area contributed by atoms with Crippen molar-refractivity contribution in [3.05, 3.63) is 0 Å². The lowest BCUT2D eigenvalue weighted by atomic mass is 9.90. The summed E-state index contributed by atoms with van der Waals surface area (Å²) in [6.45, 7) is 12.6. The Balaban J connectivity index is 3.09. The van der Waals surface area contributed by atoms with Crippen LogP contribution in [0.5, 0.6) is 0 Å². The molecule has 1 unspecified atom stereocenters. The van der Waals surface area contributed by atoms with Crippen LogP contribution in [0.25, 0.3) is 0 Å². The fourth-order valence-electron chi connectivity index (χ4n) is 1.83. The first kappa shape index (κ1) is 28.6. The van der Waals surface area contributed by atoms with E-state index >= 15 is 0 Å². The smallest absolute Gasteiger partial charge is 0.0821 e. The summed E-state index contributed by atoms with van der Waals surface area (Å²) in [5, 5.41) is 18.4. The third-order valence-corrected chi connectivity index (χ3v) is 3.74. The van der Waals surface area contributed by atoms with Gasteiger partial charge < -0.3 is 43.4 Å². The van der Waals surface area contributed by atoms with Crippen LogP contribution in [0.15, 0.2) is 0 Å². The zero-order valence-corrected chi connectivity index (χ0v) is 18.4. The molecule has 0 saturated carbocycles. The minimum Gasteiger partial charge on any atom is -0.394 e. The van der Waals surface area contributed by atoms with Crippen LogP contribution in [-0.2, 0) is 33.2 Å². The summed E-state index contributed by atoms with van der Waals surface area (Å²) in [6, 6.07) is 0. The lowest BCUT2D eigenvalue weighted by molar-refractivity contribution is -0.0434. The van der Waals surface area contributed by atoms with Crippen LogP contribution in [0.1, 0.15) is 20.8 Å². The van der Waals surface area contributed by atoms with E-state index in [1.807, 2.05) is 20.8 Å². The van der Waals surface area contributed by atoms with Crippen LogP contribution in [0.2, 0.25) is 0 Å². The van der Waals surface area contributed by atoms with E-state index in [-0.39, 0.29) is 12.0 Å². The van der Waals surface area contributed by atoms with Gasteiger partial charge in [-0.05, 0) is 5.41 Å². The highest BCUT2D eigenvalue weighted by Crippen LogP contribution is 2.18. The predicted octanol–water partition coefficient (Wildman–Crippen LogP) is 0.502. The normalized spacial score (nSPS) is 13.1. The Hall–Kier alpha value is -0.360. The van der Waals surface area contributed by atoms with Gasteiger partial charge in [0.25, 0.3) is 0 Å². The average molecular weight is 427 g/mol. The lowest BCUT2D eigenvalue weighted by Gasteiger charge is -2.25. The molecule has 1 atom stereocenters. The van der Waals surface area contributed by atoms with Crippen molar-refractivity contribution in [1.29, 1.82) is 0 Å². The fraction of sp³-hybridized carbons (Fsp3) is 1.00. The zero-order valence-electron chi connectivity index (χ0n) is 18.4. The van der Waals surface area contributed by atoms with E-state index in [1.54, 1.807) is 0 Å². The molecule has 176 valence electrons. The summed E-state index contributed by atoms with van der Waals surface area (Å²) in [7, 11) is 0. The van der Waals surface area contributed by atoms with E-state index < -0.39 is 6.10 Å². The van der Waals surface area contributed by atoms with E-state index in [4.69, 9.17) is 38.3 Å². The van der Waals surface area contributed by atoms with Gasteiger partial charge in [0.05, 0.1) is 105 Å². The van der Waals surface area contributed by atoms with Crippen molar-refractivity contribution >= 4 is 0 Å². The highest BCUT2D eigenvalue weighted by molar-refractivity contribution is 4.71. The van der Waals surface area contributed by atoms with Crippen molar-refractivity contribution in [2.24, 2.45) is 5.41 Å². The third kappa shape index (κ3) is 22.2. The van der Waals surface area contributed by atoms with Crippen molar-refractivity contribution in [2.45, 2.75) is 26.9 Å². The Labute approximate surface area is 175 Å². The van der Waals surface area contributed by atoms with Crippen molar-refractivity contribution in [3.8, 4) is 0 Å². The third-order valence-electron chi connectivity index (χ3n) is 3.74. The summed E-state index contributed by atoms with van der Waals surface area (Å²) >= 11 is 0. The fourth-order valence-corrected chi connectivity index (χ4v) is 1.83. The van der Waals surface area contributed by atoms with Crippen LogP contribution in [-0.4, -0.2) is 115 Å². The monoisotopic (exact) mass is 426 g/mol. The minimum absolute atomic E-state index is 0.0296. The second-order valence-electron chi connectivity index (χ2n) is 7.35.